The number of nitrogens with one attached hydrogen (secondary N) is 1. The van der Waals surface area contributed by atoms with Crippen LogP contribution < -0.4 is 10.1 Å². The van der Waals surface area contributed by atoms with Gasteiger partial charge in [-0.1, -0.05) is 42.5 Å². The van der Waals surface area contributed by atoms with E-state index in [0.29, 0.717) is 37.1 Å². The molecule has 9 nitrogen and oxygen atoms in total. The summed E-state index contributed by atoms with van der Waals surface area (Å²) in [4.78, 5) is 30.7. The third-order valence-electron chi connectivity index (χ3n) is 4.77. The largest absolute Gasteiger partial charge is 0.491 e. The molecule has 0 aliphatic heterocycles. The van der Waals surface area contributed by atoms with Gasteiger partial charge in [-0.3, -0.25) is 4.79 Å². The molecule has 36 heavy (non-hydrogen) atoms. The molecule has 0 aliphatic rings. The number of aryl methyl sites for hydroxylation is 1. The van der Waals surface area contributed by atoms with Gasteiger partial charge in [-0.2, -0.15) is 0 Å². The second kappa shape index (κ2) is 17.7. The van der Waals surface area contributed by atoms with E-state index in [0.717, 1.165) is 18.4 Å². The molecule has 0 fully saturated rings. The number of carboxylic acid groups (broad SMARTS) is 2. The highest BCUT2D eigenvalue weighted by molar-refractivity contribution is 5.89. The van der Waals surface area contributed by atoms with Gasteiger partial charge in [-0.05, 0) is 49.9 Å². The molecule has 0 saturated heterocycles. The zero-order valence-electron chi connectivity index (χ0n) is 20.6. The highest BCUT2D eigenvalue weighted by Gasteiger charge is 2.10. The fourth-order valence-electron chi connectivity index (χ4n) is 2.98. The van der Waals surface area contributed by atoms with Gasteiger partial charge in [0.25, 0.3) is 0 Å². The second-order valence-electron chi connectivity index (χ2n) is 7.94. The Kier molecular flexibility index (Phi) is 14.9. The first-order valence-electron chi connectivity index (χ1n) is 11.7. The summed E-state index contributed by atoms with van der Waals surface area (Å²) in [5, 5.41) is 29.1. The van der Waals surface area contributed by atoms with E-state index in [1.54, 1.807) is 13.0 Å². The Morgan fingerprint density at radius 1 is 0.972 bits per heavy atom. The van der Waals surface area contributed by atoms with Crippen LogP contribution in [0.2, 0.25) is 0 Å². The van der Waals surface area contributed by atoms with Crippen LogP contribution in [0.15, 0.2) is 66.7 Å². The van der Waals surface area contributed by atoms with Crippen molar-refractivity contribution in [2.24, 2.45) is 0 Å². The van der Waals surface area contributed by atoms with Gasteiger partial charge in [0.2, 0.25) is 0 Å². The maximum atomic E-state index is 11.6. The van der Waals surface area contributed by atoms with Gasteiger partial charge in [0.15, 0.2) is 0 Å². The van der Waals surface area contributed by atoms with Gasteiger partial charge in [0.05, 0.1) is 13.0 Å². The third-order valence-corrected chi connectivity index (χ3v) is 4.77. The van der Waals surface area contributed by atoms with Crippen molar-refractivity contribution in [1.29, 1.82) is 0 Å². The smallest absolute Gasteiger partial charge is 0.328 e. The number of aliphatic carboxylic acids is 2. The number of benzene rings is 2. The molecule has 0 aliphatic carbocycles. The zero-order valence-corrected chi connectivity index (χ0v) is 20.6. The molecule has 0 spiro atoms. The van der Waals surface area contributed by atoms with E-state index in [4.69, 9.17) is 19.7 Å². The zero-order chi connectivity index (χ0) is 26.8. The molecule has 2 unspecified atom stereocenters. The highest BCUT2D eigenvalue weighted by atomic mass is 16.5. The SMILES string of the molecule is CCOC(=O)Cc1cccc(OCC(O)CNC(C)CCc2ccccc2)c1.O=C(O)/C=C/C(=O)O. The van der Waals surface area contributed by atoms with Crippen LogP contribution in [0.5, 0.6) is 5.75 Å². The van der Waals surface area contributed by atoms with Gasteiger partial charge in [-0.15, -0.1) is 0 Å². The summed E-state index contributed by atoms with van der Waals surface area (Å²) in [6, 6.07) is 18.0. The molecule has 9 heteroatoms. The molecular formula is C27H35NO8. The molecule has 196 valence electrons. The van der Waals surface area contributed by atoms with E-state index < -0.39 is 18.0 Å². The molecule has 2 aromatic carbocycles. The Morgan fingerprint density at radius 2 is 1.61 bits per heavy atom. The molecule has 0 amide bonds. The topological polar surface area (TPSA) is 142 Å². The predicted octanol–water partition coefficient (Wildman–Crippen LogP) is 2.85. The molecule has 4 N–H and O–H groups in total. The van der Waals surface area contributed by atoms with Crippen molar-refractivity contribution in [1.82, 2.24) is 5.32 Å². The number of hydrogen-bond acceptors (Lipinski definition) is 7. The van der Waals surface area contributed by atoms with Crippen molar-refractivity contribution in [3.63, 3.8) is 0 Å². The Bertz CT molecular complexity index is 945. The molecule has 2 rings (SSSR count). The first kappa shape index (κ1) is 30.3. The lowest BCUT2D eigenvalue weighted by Crippen LogP contribution is -2.36. The number of carbonyl (C=O) groups excluding carboxylic acids is 1. The average Bonchev–Trinajstić information content (AvgIpc) is 2.85. The van der Waals surface area contributed by atoms with Crippen LogP contribution in [-0.4, -0.2) is 65.1 Å². The second-order valence-corrected chi connectivity index (χ2v) is 7.94. The van der Waals surface area contributed by atoms with Gasteiger partial charge in [0, 0.05) is 24.7 Å². The van der Waals surface area contributed by atoms with Crippen LogP contribution in [0.1, 0.15) is 31.4 Å². The Balaban J connectivity index is 0.000000697. The molecule has 0 saturated carbocycles. The molecule has 0 aromatic heterocycles. The summed E-state index contributed by atoms with van der Waals surface area (Å²) < 4.78 is 10.6. The molecule has 2 aromatic rings. The summed E-state index contributed by atoms with van der Waals surface area (Å²) in [5.41, 5.74) is 2.15. The van der Waals surface area contributed by atoms with Gasteiger partial charge >= 0.3 is 17.9 Å². The number of esters is 1. The first-order chi connectivity index (χ1) is 17.2. The van der Waals surface area contributed by atoms with Gasteiger partial charge < -0.3 is 30.1 Å². The monoisotopic (exact) mass is 501 g/mol. The van der Waals surface area contributed by atoms with Gasteiger partial charge in [0.1, 0.15) is 18.5 Å². The Hall–Kier alpha value is -3.69. The maximum absolute atomic E-state index is 11.6. The van der Waals surface area contributed by atoms with E-state index in [1.807, 2.05) is 24.3 Å². The maximum Gasteiger partial charge on any atom is 0.328 e. The summed E-state index contributed by atoms with van der Waals surface area (Å²) in [5.74, 6) is -2.13. The molecule has 0 heterocycles. The van der Waals surface area contributed by atoms with E-state index in [-0.39, 0.29) is 19.0 Å². The molecule has 0 radical (unpaired) electrons. The third kappa shape index (κ3) is 15.3. The number of hydrogen-bond donors (Lipinski definition) is 4. The fraction of sp³-hybridized carbons (Fsp3) is 0.370. The van der Waals surface area contributed by atoms with Gasteiger partial charge in [-0.25, -0.2) is 9.59 Å². The lowest BCUT2D eigenvalue weighted by molar-refractivity contribution is -0.142. The standard InChI is InChI=1S/C23H31NO4.C4H4O4/c1-3-27-23(26)15-20-10-7-11-22(14-20)28-17-21(25)16-24-18(2)12-13-19-8-5-4-6-9-19;5-3(6)1-2-4(7)8/h4-11,14,18,21,24-25H,3,12-13,15-17H2,1-2H3;1-2H,(H,5,6)(H,7,8)/b;2-1+. The van der Waals surface area contributed by atoms with Crippen LogP contribution in [0.4, 0.5) is 0 Å². The van der Waals surface area contributed by atoms with Crippen LogP contribution >= 0.6 is 0 Å². The van der Waals surface area contributed by atoms with Crippen molar-refractivity contribution in [2.75, 3.05) is 19.8 Å². The summed E-state index contributed by atoms with van der Waals surface area (Å²) in [6.07, 6.45) is 2.74. The molecule has 2 atom stereocenters. The number of carbonyl (C=O) groups is 3. The van der Waals surface area contributed by atoms with Crippen molar-refractivity contribution in [2.45, 2.75) is 45.3 Å². The minimum Gasteiger partial charge on any atom is -0.491 e. The fourth-order valence-corrected chi connectivity index (χ4v) is 2.98. The Morgan fingerprint density at radius 3 is 2.22 bits per heavy atom. The van der Waals surface area contributed by atoms with E-state index in [1.165, 1.54) is 5.56 Å². The van der Waals surface area contributed by atoms with Crippen LogP contribution in [-0.2, 0) is 32.0 Å². The highest BCUT2D eigenvalue weighted by Crippen LogP contribution is 2.14. The van der Waals surface area contributed by atoms with Crippen molar-refractivity contribution in [3.8, 4) is 5.75 Å². The van der Waals surface area contributed by atoms with Crippen molar-refractivity contribution < 1.29 is 39.2 Å². The summed E-state index contributed by atoms with van der Waals surface area (Å²) in [7, 11) is 0. The van der Waals surface area contributed by atoms with E-state index in [9.17, 15) is 19.5 Å². The quantitative estimate of drug-likeness (QED) is 0.227. The minimum absolute atomic E-state index is 0.196. The van der Waals surface area contributed by atoms with Crippen LogP contribution in [0.3, 0.4) is 0 Å². The summed E-state index contributed by atoms with van der Waals surface area (Å²) in [6.45, 7) is 4.95. The van der Waals surface area contributed by atoms with Crippen LogP contribution in [0.25, 0.3) is 0 Å². The molecular weight excluding hydrogens is 466 g/mol. The normalized spacial score (nSPS) is 12.2. The van der Waals surface area contributed by atoms with E-state index in [2.05, 4.69) is 36.5 Å². The summed E-state index contributed by atoms with van der Waals surface area (Å²) >= 11 is 0. The van der Waals surface area contributed by atoms with E-state index >= 15 is 0 Å². The lowest BCUT2D eigenvalue weighted by atomic mass is 10.1. The Labute approximate surface area is 211 Å². The predicted molar refractivity (Wildman–Crippen MR) is 135 cm³/mol. The number of rotatable bonds is 14. The van der Waals surface area contributed by atoms with Crippen molar-refractivity contribution >= 4 is 17.9 Å². The minimum atomic E-state index is -1.26. The molecule has 0 bridgehead atoms. The van der Waals surface area contributed by atoms with Crippen LogP contribution in [0, 0.1) is 0 Å². The number of aliphatic hydroxyl groups is 1. The first-order valence-corrected chi connectivity index (χ1v) is 11.7. The van der Waals surface area contributed by atoms with Crippen molar-refractivity contribution in [3.05, 3.63) is 77.9 Å². The number of ether oxygens (including phenoxy) is 2. The average molecular weight is 502 g/mol. The lowest BCUT2D eigenvalue weighted by Gasteiger charge is -2.18. The number of carboxylic acids is 2. The number of aliphatic hydroxyl groups excluding tert-OH is 1.